The van der Waals surface area contributed by atoms with E-state index in [0.29, 0.717) is 17.4 Å². The van der Waals surface area contributed by atoms with Gasteiger partial charge in [-0.15, -0.1) is 0 Å². The number of allylic oxidation sites excluding steroid dienone is 2. The average molecular weight is 322 g/mol. The van der Waals surface area contributed by atoms with E-state index >= 15 is 0 Å². The van der Waals surface area contributed by atoms with Crippen molar-refractivity contribution in [1.29, 1.82) is 0 Å². The fourth-order valence-corrected chi connectivity index (χ4v) is 3.48. The second-order valence-electron chi connectivity index (χ2n) is 7.77. The highest BCUT2D eigenvalue weighted by molar-refractivity contribution is 5.68. The number of benzene rings is 2. The Hall–Kier alpha value is -2.22. The number of phenols is 2. The third-order valence-corrected chi connectivity index (χ3v) is 4.95. The lowest BCUT2D eigenvalue weighted by Gasteiger charge is -2.25. The fourth-order valence-electron chi connectivity index (χ4n) is 3.48. The number of hydrogen-bond donors (Lipinski definition) is 2. The van der Waals surface area contributed by atoms with Crippen LogP contribution in [0.1, 0.15) is 62.6 Å². The van der Waals surface area contributed by atoms with Gasteiger partial charge in [-0.3, -0.25) is 0 Å². The van der Waals surface area contributed by atoms with E-state index in [2.05, 4.69) is 32.9 Å². The van der Waals surface area contributed by atoms with Crippen LogP contribution in [0.3, 0.4) is 0 Å². The maximum absolute atomic E-state index is 10.1. The maximum atomic E-state index is 10.1. The van der Waals surface area contributed by atoms with Gasteiger partial charge in [0.2, 0.25) is 0 Å². The summed E-state index contributed by atoms with van der Waals surface area (Å²) in [5.74, 6) is 1.22. The van der Waals surface area contributed by atoms with Crippen molar-refractivity contribution in [3.05, 3.63) is 65.2 Å². The van der Waals surface area contributed by atoms with Gasteiger partial charge in [-0.05, 0) is 77.1 Å². The molecule has 0 radical (unpaired) electrons. The topological polar surface area (TPSA) is 40.5 Å². The van der Waals surface area contributed by atoms with Crippen molar-refractivity contribution in [2.24, 2.45) is 0 Å². The van der Waals surface area contributed by atoms with Crippen LogP contribution in [0.15, 0.2) is 48.5 Å². The average Bonchev–Trinajstić information content (AvgIpc) is 2.55. The molecule has 0 spiro atoms. The Labute approximate surface area is 144 Å². The molecule has 0 saturated carbocycles. The minimum atomic E-state index is -0.0656. The zero-order valence-corrected chi connectivity index (χ0v) is 14.7. The summed E-state index contributed by atoms with van der Waals surface area (Å²) in [7, 11) is 0. The highest BCUT2D eigenvalue weighted by atomic mass is 16.3. The summed E-state index contributed by atoms with van der Waals surface area (Å²) < 4.78 is 0. The van der Waals surface area contributed by atoms with Gasteiger partial charge in [0.1, 0.15) is 11.5 Å². The van der Waals surface area contributed by atoms with Gasteiger partial charge in [0.05, 0.1) is 0 Å². The highest BCUT2D eigenvalue weighted by Crippen LogP contribution is 2.39. The molecule has 1 aliphatic rings. The Bertz CT molecular complexity index is 749. The second-order valence-corrected chi connectivity index (χ2v) is 7.77. The summed E-state index contributed by atoms with van der Waals surface area (Å²) in [4.78, 5) is 0. The van der Waals surface area contributed by atoms with Crippen LogP contribution in [0, 0.1) is 0 Å². The Morgan fingerprint density at radius 2 is 1.67 bits per heavy atom. The lowest BCUT2D eigenvalue weighted by atomic mass is 9.80. The number of rotatable bonds is 2. The maximum Gasteiger partial charge on any atom is 0.119 e. The molecular formula is C22H26O2. The van der Waals surface area contributed by atoms with Crippen molar-refractivity contribution in [3.8, 4) is 11.5 Å². The molecule has 126 valence electrons. The third kappa shape index (κ3) is 3.48. The molecule has 0 heterocycles. The predicted octanol–water partition coefficient (Wildman–Crippen LogP) is 5.75. The van der Waals surface area contributed by atoms with E-state index < -0.39 is 0 Å². The van der Waals surface area contributed by atoms with Gasteiger partial charge >= 0.3 is 0 Å². The van der Waals surface area contributed by atoms with Gasteiger partial charge in [0.25, 0.3) is 0 Å². The first-order chi connectivity index (χ1) is 11.3. The molecule has 3 rings (SSSR count). The summed E-state index contributed by atoms with van der Waals surface area (Å²) in [6.07, 6.45) is 5.51. The Kier molecular flexibility index (Phi) is 4.40. The Balaban J connectivity index is 1.81. The van der Waals surface area contributed by atoms with Gasteiger partial charge in [-0.2, -0.15) is 0 Å². The monoisotopic (exact) mass is 322 g/mol. The molecule has 0 fully saturated rings. The van der Waals surface area contributed by atoms with E-state index in [1.54, 1.807) is 12.1 Å². The summed E-state index contributed by atoms with van der Waals surface area (Å²) in [5, 5.41) is 19.6. The van der Waals surface area contributed by atoms with E-state index in [1.165, 1.54) is 16.7 Å². The van der Waals surface area contributed by atoms with Crippen molar-refractivity contribution in [1.82, 2.24) is 0 Å². The van der Waals surface area contributed by atoms with Gasteiger partial charge in [0, 0.05) is 0 Å². The fraction of sp³-hybridized carbons (Fsp3) is 0.364. The number of hydrogen-bond acceptors (Lipinski definition) is 2. The van der Waals surface area contributed by atoms with Gasteiger partial charge in [-0.1, -0.05) is 45.0 Å². The minimum Gasteiger partial charge on any atom is -0.508 e. The molecule has 2 aromatic rings. The smallest absolute Gasteiger partial charge is 0.119 e. The first-order valence-corrected chi connectivity index (χ1v) is 8.66. The Morgan fingerprint density at radius 3 is 2.25 bits per heavy atom. The van der Waals surface area contributed by atoms with Crippen molar-refractivity contribution in [3.63, 3.8) is 0 Å². The summed E-state index contributed by atoms with van der Waals surface area (Å²) in [6.45, 7) is 6.38. The van der Waals surface area contributed by atoms with Crippen LogP contribution >= 0.6 is 0 Å². The van der Waals surface area contributed by atoms with Crippen LogP contribution in [-0.2, 0) is 5.41 Å². The Morgan fingerprint density at radius 1 is 0.958 bits per heavy atom. The van der Waals surface area contributed by atoms with E-state index in [4.69, 9.17) is 0 Å². The molecule has 0 bridgehead atoms. The molecule has 1 unspecified atom stereocenters. The molecule has 2 N–H and O–H groups in total. The number of phenolic OH excluding ortho intramolecular Hbond substituents is 2. The van der Waals surface area contributed by atoms with Crippen LogP contribution in [0.25, 0.3) is 5.57 Å². The lowest BCUT2D eigenvalue weighted by Crippen LogP contribution is -2.12. The van der Waals surface area contributed by atoms with Crippen LogP contribution in [0.4, 0.5) is 0 Å². The van der Waals surface area contributed by atoms with Crippen molar-refractivity contribution < 1.29 is 10.2 Å². The van der Waals surface area contributed by atoms with Crippen LogP contribution in [0.2, 0.25) is 0 Å². The summed E-state index contributed by atoms with van der Waals surface area (Å²) in [6, 6.07) is 13.6. The van der Waals surface area contributed by atoms with Crippen molar-refractivity contribution >= 4 is 5.57 Å². The van der Waals surface area contributed by atoms with Crippen molar-refractivity contribution in [2.45, 2.75) is 51.4 Å². The molecule has 24 heavy (non-hydrogen) atoms. The predicted molar refractivity (Wildman–Crippen MR) is 99.5 cm³/mol. The van der Waals surface area contributed by atoms with Crippen molar-refractivity contribution in [2.75, 3.05) is 0 Å². The molecule has 0 amide bonds. The third-order valence-electron chi connectivity index (χ3n) is 4.95. The first kappa shape index (κ1) is 16.6. The lowest BCUT2D eigenvalue weighted by molar-refractivity contribution is 0.446. The molecule has 2 nitrogen and oxygen atoms in total. The summed E-state index contributed by atoms with van der Waals surface area (Å²) >= 11 is 0. The standard InChI is InChI=1S/C22H26O2/c1-22(2,3)20-14-18(10-13-21(20)24)17-6-4-15(5-7-17)16-8-11-19(23)12-9-16/h6,8-15,23-24H,4-5,7H2,1-3H3. The first-order valence-electron chi connectivity index (χ1n) is 8.66. The molecule has 1 aliphatic carbocycles. The minimum absolute atomic E-state index is 0.0656. The van der Waals surface area contributed by atoms with Crippen LogP contribution < -0.4 is 0 Å². The van der Waals surface area contributed by atoms with E-state index in [-0.39, 0.29) is 5.41 Å². The molecule has 0 aliphatic heterocycles. The summed E-state index contributed by atoms with van der Waals surface area (Å²) in [5.41, 5.74) is 4.83. The normalized spacial score (nSPS) is 18.3. The van der Waals surface area contributed by atoms with E-state index in [0.717, 1.165) is 24.8 Å². The molecule has 0 saturated heterocycles. The molecule has 2 heteroatoms. The van der Waals surface area contributed by atoms with Crippen LogP contribution in [-0.4, -0.2) is 10.2 Å². The second kappa shape index (κ2) is 6.35. The number of aromatic hydroxyl groups is 2. The quantitative estimate of drug-likeness (QED) is 0.739. The molecule has 1 atom stereocenters. The zero-order valence-electron chi connectivity index (χ0n) is 14.7. The van der Waals surface area contributed by atoms with Gasteiger partial charge in [-0.25, -0.2) is 0 Å². The largest absolute Gasteiger partial charge is 0.508 e. The van der Waals surface area contributed by atoms with Gasteiger partial charge < -0.3 is 10.2 Å². The van der Waals surface area contributed by atoms with E-state index in [9.17, 15) is 10.2 Å². The SMILES string of the molecule is CC(C)(C)c1cc(C2=CCC(c3ccc(O)cc3)CC2)ccc1O. The zero-order chi connectivity index (χ0) is 17.3. The highest BCUT2D eigenvalue weighted by Gasteiger charge is 2.21. The van der Waals surface area contributed by atoms with Gasteiger partial charge in [0.15, 0.2) is 0 Å². The van der Waals surface area contributed by atoms with Crippen LogP contribution in [0.5, 0.6) is 11.5 Å². The molecule has 0 aromatic heterocycles. The molecular weight excluding hydrogens is 296 g/mol. The van der Waals surface area contributed by atoms with E-state index in [1.807, 2.05) is 24.3 Å². The molecule has 2 aromatic carbocycles.